The fraction of sp³-hybridized carbons (Fsp3) is 0.292. The van der Waals surface area contributed by atoms with E-state index < -0.39 is 30.6 Å². The lowest BCUT2D eigenvalue weighted by Crippen LogP contribution is -2.46. The molecule has 5 rings (SSSR count). The van der Waals surface area contributed by atoms with Gasteiger partial charge < -0.3 is 25.8 Å². The molecule has 0 aliphatic carbocycles. The van der Waals surface area contributed by atoms with Crippen molar-refractivity contribution in [1.29, 1.82) is 0 Å². The summed E-state index contributed by atoms with van der Waals surface area (Å²) >= 11 is 0. The van der Waals surface area contributed by atoms with Crippen molar-refractivity contribution < 1.29 is 24.4 Å². The standard InChI is InChI=1S/C24H24FN5O4/c25-16-8-6-15(7-9-16)17(14-4-2-1-3-5-14)10-24(21(33)20(32)18(11-31)34-24)30-13-29-19-22(26)27-12-28-23(19)30/h1-9,12-13,17-18,20-21,31-33H,10-11H2,(H2,26,27,28)/t17?,18-,20-,21-,24-/m1/s1. The van der Waals surface area contributed by atoms with Gasteiger partial charge in [-0.2, -0.15) is 0 Å². The van der Waals surface area contributed by atoms with E-state index >= 15 is 0 Å². The summed E-state index contributed by atoms with van der Waals surface area (Å²) in [5.74, 6) is -0.590. The van der Waals surface area contributed by atoms with Crippen LogP contribution in [0.15, 0.2) is 67.3 Å². The Bertz CT molecular complexity index is 1290. The summed E-state index contributed by atoms with van der Waals surface area (Å²) in [7, 11) is 0. The van der Waals surface area contributed by atoms with Gasteiger partial charge in [0.1, 0.15) is 36.0 Å². The molecule has 0 amide bonds. The number of aliphatic hydroxyl groups is 3. The van der Waals surface area contributed by atoms with E-state index in [4.69, 9.17) is 10.5 Å². The Morgan fingerprint density at radius 3 is 2.41 bits per heavy atom. The first-order valence-electron chi connectivity index (χ1n) is 10.8. The monoisotopic (exact) mass is 465 g/mol. The smallest absolute Gasteiger partial charge is 0.177 e. The average molecular weight is 465 g/mol. The van der Waals surface area contributed by atoms with Gasteiger partial charge in [-0.3, -0.25) is 4.57 Å². The lowest BCUT2D eigenvalue weighted by molar-refractivity contribution is -0.152. The molecule has 4 aromatic rings. The van der Waals surface area contributed by atoms with Gasteiger partial charge in [0.25, 0.3) is 0 Å². The molecule has 0 radical (unpaired) electrons. The minimum Gasteiger partial charge on any atom is -0.394 e. The molecule has 9 nitrogen and oxygen atoms in total. The second kappa shape index (κ2) is 8.73. The van der Waals surface area contributed by atoms with Crippen LogP contribution in [-0.2, 0) is 10.5 Å². The number of hydrogen-bond acceptors (Lipinski definition) is 8. The first kappa shape index (κ1) is 22.4. The van der Waals surface area contributed by atoms with Crippen LogP contribution in [0.1, 0.15) is 23.5 Å². The highest BCUT2D eigenvalue weighted by Gasteiger charge is 2.57. The van der Waals surface area contributed by atoms with Crippen LogP contribution in [0.5, 0.6) is 0 Å². The van der Waals surface area contributed by atoms with E-state index in [0.29, 0.717) is 11.2 Å². The van der Waals surface area contributed by atoms with Crippen molar-refractivity contribution in [2.24, 2.45) is 0 Å². The summed E-state index contributed by atoms with van der Waals surface area (Å²) in [6.45, 7) is -0.504. The fourth-order valence-electron chi connectivity index (χ4n) is 4.71. The number of nitrogens with two attached hydrogens (primary N) is 1. The number of halogens is 1. The molecule has 34 heavy (non-hydrogen) atoms. The Balaban J connectivity index is 1.70. The summed E-state index contributed by atoms with van der Waals surface area (Å²) in [4.78, 5) is 12.6. The number of nitrogen functional groups attached to an aromatic ring is 1. The quantitative estimate of drug-likeness (QED) is 0.336. The molecule has 1 fully saturated rings. The van der Waals surface area contributed by atoms with Gasteiger partial charge in [-0.15, -0.1) is 0 Å². The Labute approximate surface area is 194 Å². The van der Waals surface area contributed by atoms with Crippen LogP contribution < -0.4 is 5.73 Å². The van der Waals surface area contributed by atoms with Crippen LogP contribution >= 0.6 is 0 Å². The van der Waals surface area contributed by atoms with Crippen LogP contribution in [0, 0.1) is 5.82 Å². The summed E-state index contributed by atoms with van der Waals surface area (Å²) in [6, 6.07) is 15.6. The topological polar surface area (TPSA) is 140 Å². The highest BCUT2D eigenvalue weighted by atomic mass is 19.1. The van der Waals surface area contributed by atoms with Crippen molar-refractivity contribution in [2.45, 2.75) is 36.4 Å². The molecule has 0 spiro atoms. The number of fused-ring (bicyclic) bond motifs is 1. The van der Waals surface area contributed by atoms with Gasteiger partial charge >= 0.3 is 0 Å². The van der Waals surface area contributed by atoms with Crippen LogP contribution in [0.25, 0.3) is 11.2 Å². The first-order valence-corrected chi connectivity index (χ1v) is 10.8. The van der Waals surface area contributed by atoms with E-state index in [-0.39, 0.29) is 24.0 Å². The van der Waals surface area contributed by atoms with E-state index in [1.807, 2.05) is 30.3 Å². The zero-order valence-electron chi connectivity index (χ0n) is 18.1. The summed E-state index contributed by atoms with van der Waals surface area (Å²) in [5.41, 5.74) is 6.70. The van der Waals surface area contributed by atoms with Gasteiger partial charge in [-0.1, -0.05) is 42.5 Å². The van der Waals surface area contributed by atoms with Crippen LogP contribution in [0.3, 0.4) is 0 Å². The molecule has 1 saturated heterocycles. The van der Waals surface area contributed by atoms with Crippen LogP contribution in [0.2, 0.25) is 0 Å². The Hall–Kier alpha value is -3.44. The molecule has 10 heteroatoms. The van der Waals surface area contributed by atoms with Crippen molar-refractivity contribution in [3.8, 4) is 0 Å². The van der Waals surface area contributed by atoms with E-state index in [1.54, 1.807) is 12.1 Å². The minimum atomic E-state index is -1.57. The van der Waals surface area contributed by atoms with E-state index in [2.05, 4.69) is 15.0 Å². The summed E-state index contributed by atoms with van der Waals surface area (Å²) in [6.07, 6.45) is -1.03. The predicted molar refractivity (Wildman–Crippen MR) is 121 cm³/mol. The molecule has 1 aliphatic heterocycles. The van der Waals surface area contributed by atoms with Gasteiger partial charge in [-0.25, -0.2) is 19.3 Å². The van der Waals surface area contributed by atoms with Gasteiger partial charge in [0.15, 0.2) is 17.2 Å². The molecule has 2 aromatic heterocycles. The fourth-order valence-corrected chi connectivity index (χ4v) is 4.71. The number of aliphatic hydroxyl groups excluding tert-OH is 3. The average Bonchev–Trinajstić information content (AvgIpc) is 3.40. The Kier molecular flexibility index (Phi) is 5.74. The second-order valence-corrected chi connectivity index (χ2v) is 8.38. The van der Waals surface area contributed by atoms with E-state index in [1.165, 1.54) is 29.4 Å². The van der Waals surface area contributed by atoms with Gasteiger partial charge in [0.2, 0.25) is 0 Å². The highest BCUT2D eigenvalue weighted by molar-refractivity contribution is 5.81. The Morgan fingerprint density at radius 1 is 1.03 bits per heavy atom. The number of imidazole rings is 1. The van der Waals surface area contributed by atoms with Crippen molar-refractivity contribution >= 4 is 17.0 Å². The number of hydrogen-bond donors (Lipinski definition) is 4. The van der Waals surface area contributed by atoms with E-state index in [0.717, 1.165) is 11.1 Å². The molecule has 3 heterocycles. The zero-order chi connectivity index (χ0) is 23.9. The van der Waals surface area contributed by atoms with Gasteiger partial charge in [-0.05, 0) is 23.3 Å². The number of anilines is 1. The van der Waals surface area contributed by atoms with Crippen LogP contribution in [-0.4, -0.2) is 59.8 Å². The molecule has 0 saturated carbocycles. The maximum absolute atomic E-state index is 13.7. The van der Waals surface area contributed by atoms with Gasteiger partial charge in [0.05, 0.1) is 12.9 Å². The first-order chi connectivity index (χ1) is 16.4. The third kappa shape index (κ3) is 3.61. The lowest BCUT2D eigenvalue weighted by Gasteiger charge is -2.37. The number of benzene rings is 2. The molecular formula is C24H24FN5O4. The number of aromatic nitrogens is 4. The number of rotatable bonds is 6. The molecule has 176 valence electrons. The van der Waals surface area contributed by atoms with Crippen molar-refractivity contribution in [3.05, 3.63) is 84.2 Å². The molecule has 0 bridgehead atoms. The maximum Gasteiger partial charge on any atom is 0.177 e. The van der Waals surface area contributed by atoms with Crippen LogP contribution in [0.4, 0.5) is 10.2 Å². The van der Waals surface area contributed by atoms with Crippen molar-refractivity contribution in [1.82, 2.24) is 19.5 Å². The summed E-state index contributed by atoms with van der Waals surface area (Å²) < 4.78 is 21.5. The molecule has 1 aliphatic rings. The largest absolute Gasteiger partial charge is 0.394 e. The SMILES string of the molecule is Nc1ncnc2c1ncn2[C@]1(CC(c2ccccc2)c2ccc(F)cc2)O[C@H](CO)[C@@H](O)[C@H]1O. The van der Waals surface area contributed by atoms with Gasteiger partial charge in [0, 0.05) is 12.3 Å². The molecule has 5 N–H and O–H groups in total. The zero-order valence-corrected chi connectivity index (χ0v) is 18.1. The number of ether oxygens (including phenoxy) is 1. The molecule has 5 atom stereocenters. The lowest BCUT2D eigenvalue weighted by atomic mass is 9.82. The highest BCUT2D eigenvalue weighted by Crippen LogP contribution is 2.46. The normalized spacial score (nSPS) is 25.6. The Morgan fingerprint density at radius 2 is 1.74 bits per heavy atom. The second-order valence-electron chi connectivity index (χ2n) is 8.38. The van der Waals surface area contributed by atoms with Crippen molar-refractivity contribution in [3.63, 3.8) is 0 Å². The molecule has 1 unspecified atom stereocenters. The molecule has 2 aromatic carbocycles. The van der Waals surface area contributed by atoms with Crippen molar-refractivity contribution in [2.75, 3.05) is 12.3 Å². The summed E-state index contributed by atoms with van der Waals surface area (Å²) in [5, 5.41) is 31.9. The number of nitrogens with zero attached hydrogens (tertiary/aromatic N) is 4. The third-order valence-corrected chi connectivity index (χ3v) is 6.44. The maximum atomic E-state index is 13.7. The van der Waals surface area contributed by atoms with E-state index in [9.17, 15) is 19.7 Å². The third-order valence-electron chi connectivity index (χ3n) is 6.44. The predicted octanol–water partition coefficient (Wildman–Crippen LogP) is 1.54. The minimum absolute atomic E-state index is 0.118. The molecular weight excluding hydrogens is 441 g/mol.